The molecule has 0 saturated heterocycles. The quantitative estimate of drug-likeness (QED) is 0.887. The van der Waals surface area contributed by atoms with Crippen LogP contribution in [-0.4, -0.2) is 9.78 Å². The predicted molar refractivity (Wildman–Crippen MR) is 73.5 cm³/mol. The molecule has 1 heterocycles. The number of rotatable bonds is 4. The third-order valence-electron chi connectivity index (χ3n) is 2.91. The minimum Gasteiger partial charge on any atom is -0.393 e. The largest absolute Gasteiger partial charge is 0.393 e. The Morgan fingerprint density at radius 2 is 2.16 bits per heavy atom. The van der Waals surface area contributed by atoms with E-state index in [9.17, 15) is 9.18 Å². The van der Waals surface area contributed by atoms with Crippen molar-refractivity contribution >= 4 is 5.69 Å². The van der Waals surface area contributed by atoms with Crippen molar-refractivity contribution in [1.82, 2.24) is 9.78 Å². The zero-order chi connectivity index (χ0) is 14.0. The normalized spacial score (nSPS) is 11.2. The summed E-state index contributed by atoms with van der Waals surface area (Å²) >= 11 is 0. The monoisotopic (exact) mass is 263 g/mol. The third kappa shape index (κ3) is 3.05. The fourth-order valence-electron chi connectivity index (χ4n) is 2.04. The van der Waals surface area contributed by atoms with Crippen molar-refractivity contribution in [3.8, 4) is 0 Å². The van der Waals surface area contributed by atoms with Crippen molar-refractivity contribution in [2.45, 2.75) is 26.8 Å². The Kier molecular flexibility index (Phi) is 3.74. The van der Waals surface area contributed by atoms with Gasteiger partial charge in [0.2, 0.25) is 0 Å². The maximum absolute atomic E-state index is 13.1. The number of nitrogens with two attached hydrogens (primary N) is 1. The Bertz CT molecular complexity index is 628. The highest BCUT2D eigenvalue weighted by atomic mass is 19.1. The molecule has 19 heavy (non-hydrogen) atoms. The first-order valence-electron chi connectivity index (χ1n) is 6.29. The summed E-state index contributed by atoms with van der Waals surface area (Å²) in [5.74, 6) is 0.0930. The molecule has 102 valence electrons. The minimum atomic E-state index is -0.313. The smallest absolute Gasteiger partial charge is 0.290 e. The van der Waals surface area contributed by atoms with Crippen molar-refractivity contribution in [2.24, 2.45) is 5.92 Å². The highest BCUT2D eigenvalue weighted by Gasteiger charge is 2.12. The minimum absolute atomic E-state index is 0.250. The Morgan fingerprint density at radius 1 is 1.42 bits per heavy atom. The number of nitrogens with zero attached hydrogens (tertiary/aromatic N) is 1. The molecular formula is C14H18FN3O. The van der Waals surface area contributed by atoms with E-state index in [0.29, 0.717) is 12.5 Å². The van der Waals surface area contributed by atoms with Crippen LogP contribution in [0.15, 0.2) is 29.1 Å². The summed E-state index contributed by atoms with van der Waals surface area (Å²) in [6, 6.07) is 6.18. The van der Waals surface area contributed by atoms with Gasteiger partial charge in [0, 0.05) is 0 Å². The lowest BCUT2D eigenvalue weighted by atomic mass is 10.1. The van der Waals surface area contributed by atoms with Gasteiger partial charge >= 0.3 is 0 Å². The molecular weight excluding hydrogens is 245 g/mol. The third-order valence-corrected chi connectivity index (χ3v) is 2.91. The topological polar surface area (TPSA) is 63.8 Å². The number of anilines is 1. The molecule has 4 nitrogen and oxygen atoms in total. The van der Waals surface area contributed by atoms with Gasteiger partial charge in [0.1, 0.15) is 11.5 Å². The summed E-state index contributed by atoms with van der Waals surface area (Å²) < 4.78 is 14.5. The fraction of sp³-hybridized carbons (Fsp3) is 0.357. The van der Waals surface area contributed by atoms with E-state index in [-0.39, 0.29) is 17.1 Å². The van der Waals surface area contributed by atoms with E-state index in [1.165, 1.54) is 16.8 Å². The maximum Gasteiger partial charge on any atom is 0.290 e. The second kappa shape index (κ2) is 5.30. The summed E-state index contributed by atoms with van der Waals surface area (Å²) in [7, 11) is 0. The van der Waals surface area contributed by atoms with Crippen LogP contribution in [0.4, 0.5) is 10.1 Å². The van der Waals surface area contributed by atoms with Gasteiger partial charge in [-0.3, -0.25) is 9.89 Å². The van der Waals surface area contributed by atoms with Crippen LogP contribution in [0.25, 0.3) is 0 Å². The molecule has 0 aliphatic heterocycles. The molecule has 3 N–H and O–H groups in total. The van der Waals surface area contributed by atoms with Gasteiger partial charge in [-0.05, 0) is 30.0 Å². The van der Waals surface area contributed by atoms with E-state index < -0.39 is 0 Å². The Labute approximate surface area is 111 Å². The molecule has 5 heteroatoms. The van der Waals surface area contributed by atoms with E-state index in [1.54, 1.807) is 12.1 Å². The van der Waals surface area contributed by atoms with Crippen molar-refractivity contribution in [3.05, 3.63) is 51.7 Å². The summed E-state index contributed by atoms with van der Waals surface area (Å²) in [6.07, 6.45) is 0.719. The van der Waals surface area contributed by atoms with Gasteiger partial charge < -0.3 is 5.73 Å². The van der Waals surface area contributed by atoms with Crippen molar-refractivity contribution in [2.75, 3.05) is 5.73 Å². The average Bonchev–Trinajstić information content (AvgIpc) is 2.57. The van der Waals surface area contributed by atoms with Crippen LogP contribution in [-0.2, 0) is 13.0 Å². The lowest BCUT2D eigenvalue weighted by Gasteiger charge is -2.04. The lowest BCUT2D eigenvalue weighted by molar-refractivity contribution is 0.597. The number of nitrogens with one attached hydrogen (secondary N) is 1. The highest BCUT2D eigenvalue weighted by molar-refractivity contribution is 5.41. The molecule has 1 aromatic heterocycles. The molecule has 0 aliphatic rings. The molecule has 0 saturated carbocycles. The van der Waals surface area contributed by atoms with Crippen LogP contribution in [0.5, 0.6) is 0 Å². The van der Waals surface area contributed by atoms with Crippen molar-refractivity contribution in [3.63, 3.8) is 0 Å². The van der Waals surface area contributed by atoms with Gasteiger partial charge in [0.15, 0.2) is 0 Å². The van der Waals surface area contributed by atoms with Crippen LogP contribution >= 0.6 is 0 Å². The molecule has 2 rings (SSSR count). The number of nitrogen functional groups attached to an aromatic ring is 1. The second-order valence-electron chi connectivity index (χ2n) is 5.12. The summed E-state index contributed by atoms with van der Waals surface area (Å²) in [4.78, 5) is 12.0. The molecule has 0 radical (unpaired) electrons. The Balaban J connectivity index is 2.28. The summed E-state index contributed by atoms with van der Waals surface area (Å²) in [5, 5.41) is 3.01. The van der Waals surface area contributed by atoms with E-state index in [1.807, 2.05) is 0 Å². The Hall–Kier alpha value is -2.04. The van der Waals surface area contributed by atoms with Gasteiger partial charge in [-0.25, -0.2) is 9.07 Å². The first-order chi connectivity index (χ1) is 8.97. The number of aromatic nitrogens is 2. The standard InChI is InChI=1S/C14H18FN3O/c1-9(2)6-12-13(16)14(19)18(17-12)8-10-4-3-5-11(15)7-10/h3-5,7,9,17H,6,8,16H2,1-2H3. The van der Waals surface area contributed by atoms with Gasteiger partial charge in [0.05, 0.1) is 12.2 Å². The van der Waals surface area contributed by atoms with Crippen LogP contribution in [0.1, 0.15) is 25.1 Å². The number of benzene rings is 1. The van der Waals surface area contributed by atoms with Crippen molar-refractivity contribution in [1.29, 1.82) is 0 Å². The first-order valence-corrected chi connectivity index (χ1v) is 6.29. The molecule has 0 atom stereocenters. The molecule has 0 spiro atoms. The second-order valence-corrected chi connectivity index (χ2v) is 5.12. The fourth-order valence-corrected chi connectivity index (χ4v) is 2.04. The molecule has 0 aliphatic carbocycles. The summed E-state index contributed by atoms with van der Waals surface area (Å²) in [6.45, 7) is 4.40. The van der Waals surface area contributed by atoms with Crippen LogP contribution < -0.4 is 11.3 Å². The first kappa shape index (κ1) is 13.4. The molecule has 2 aromatic rings. The average molecular weight is 263 g/mol. The number of aromatic amines is 1. The van der Waals surface area contributed by atoms with Gasteiger partial charge in [0.25, 0.3) is 5.56 Å². The van der Waals surface area contributed by atoms with Crippen LogP contribution in [0.2, 0.25) is 0 Å². The van der Waals surface area contributed by atoms with E-state index in [4.69, 9.17) is 5.73 Å². The molecule has 1 aromatic carbocycles. The van der Waals surface area contributed by atoms with Crippen LogP contribution in [0.3, 0.4) is 0 Å². The van der Waals surface area contributed by atoms with E-state index in [2.05, 4.69) is 18.9 Å². The number of hydrogen-bond donors (Lipinski definition) is 2. The van der Waals surface area contributed by atoms with Gasteiger partial charge in [-0.1, -0.05) is 26.0 Å². The molecule has 0 bridgehead atoms. The van der Waals surface area contributed by atoms with E-state index >= 15 is 0 Å². The number of hydrogen-bond acceptors (Lipinski definition) is 2. The zero-order valence-corrected chi connectivity index (χ0v) is 11.1. The van der Waals surface area contributed by atoms with E-state index in [0.717, 1.165) is 17.7 Å². The SMILES string of the molecule is CC(C)Cc1[nH]n(Cc2cccc(F)c2)c(=O)c1N. The summed E-state index contributed by atoms with van der Waals surface area (Å²) in [5.41, 5.74) is 7.27. The Morgan fingerprint density at radius 3 is 2.79 bits per heavy atom. The number of H-pyrrole nitrogens is 1. The van der Waals surface area contributed by atoms with Gasteiger partial charge in [-0.15, -0.1) is 0 Å². The van der Waals surface area contributed by atoms with Crippen molar-refractivity contribution < 1.29 is 4.39 Å². The predicted octanol–water partition coefficient (Wildman–Crippen LogP) is 2.14. The molecule has 0 unspecified atom stereocenters. The lowest BCUT2D eigenvalue weighted by Crippen LogP contribution is -2.19. The number of halogens is 1. The maximum atomic E-state index is 13.1. The van der Waals surface area contributed by atoms with Crippen LogP contribution in [0, 0.1) is 11.7 Å². The zero-order valence-electron chi connectivity index (χ0n) is 11.1. The molecule has 0 fully saturated rings. The highest BCUT2D eigenvalue weighted by Crippen LogP contribution is 2.11. The molecule has 0 amide bonds. The van der Waals surface area contributed by atoms with Gasteiger partial charge in [-0.2, -0.15) is 0 Å².